The van der Waals surface area contributed by atoms with E-state index in [1.54, 1.807) is 10.8 Å². The highest BCUT2D eigenvalue weighted by Gasteiger charge is 2.15. The van der Waals surface area contributed by atoms with E-state index >= 15 is 0 Å². The molecule has 0 radical (unpaired) electrons. The Labute approximate surface area is 154 Å². The second-order valence-electron chi connectivity index (χ2n) is 5.60. The van der Waals surface area contributed by atoms with Crippen molar-refractivity contribution in [2.24, 2.45) is 0 Å². The number of thiazole rings is 1. The van der Waals surface area contributed by atoms with Gasteiger partial charge in [0.15, 0.2) is 4.47 Å². The van der Waals surface area contributed by atoms with Gasteiger partial charge in [-0.05, 0) is 26.0 Å². The fraction of sp³-hybridized carbons (Fsp3) is 0.235. The molecule has 0 amide bonds. The van der Waals surface area contributed by atoms with Gasteiger partial charge in [-0.3, -0.25) is 4.79 Å². The smallest absolute Gasteiger partial charge is 0.323 e. The number of rotatable bonds is 6. The molecule has 130 valence electrons. The topological polar surface area (TPSA) is 80.0 Å². The molecule has 6 nitrogen and oxygen atoms in total. The normalized spacial score (nSPS) is 10.8. The fourth-order valence-electron chi connectivity index (χ4n) is 2.53. The average Bonchev–Trinajstić information content (AvgIpc) is 3.11. The Kier molecular flexibility index (Phi) is 5.06. The van der Waals surface area contributed by atoms with Gasteiger partial charge in [0, 0.05) is 28.0 Å². The first-order valence-electron chi connectivity index (χ1n) is 7.64. The van der Waals surface area contributed by atoms with E-state index in [2.05, 4.69) is 15.3 Å². The molecule has 0 spiro atoms. The third-order valence-electron chi connectivity index (χ3n) is 3.86. The van der Waals surface area contributed by atoms with Crippen LogP contribution in [0.3, 0.4) is 0 Å². The molecule has 0 bridgehead atoms. The summed E-state index contributed by atoms with van der Waals surface area (Å²) < 4.78 is 2.24. The third kappa shape index (κ3) is 4.00. The molecular formula is C17H17ClN4O2S. The number of carbonyl (C=O) groups is 1. The van der Waals surface area contributed by atoms with Crippen molar-refractivity contribution in [3.63, 3.8) is 0 Å². The zero-order valence-corrected chi connectivity index (χ0v) is 15.4. The van der Waals surface area contributed by atoms with Crippen molar-refractivity contribution in [1.29, 1.82) is 0 Å². The Bertz CT molecular complexity index is 919. The van der Waals surface area contributed by atoms with Crippen molar-refractivity contribution >= 4 is 34.6 Å². The largest absolute Gasteiger partial charge is 0.480 e. The summed E-state index contributed by atoms with van der Waals surface area (Å²) in [5.74, 6) is -0.236. The fourth-order valence-corrected chi connectivity index (χ4v) is 3.44. The summed E-state index contributed by atoms with van der Waals surface area (Å²) in [5, 5.41) is 12.5. The summed E-state index contributed by atoms with van der Waals surface area (Å²) in [6.07, 6.45) is 1.75. The quantitative estimate of drug-likeness (QED) is 0.680. The van der Waals surface area contributed by atoms with Gasteiger partial charge in [0.05, 0.1) is 12.2 Å². The summed E-state index contributed by atoms with van der Waals surface area (Å²) in [4.78, 5) is 20.8. The molecule has 8 heteroatoms. The number of aliphatic carboxylic acids is 1. The number of hydrogen-bond donors (Lipinski definition) is 2. The van der Waals surface area contributed by atoms with Crippen LogP contribution in [0, 0.1) is 13.8 Å². The molecule has 0 aliphatic carbocycles. The number of anilines is 1. The van der Waals surface area contributed by atoms with E-state index in [1.807, 2.05) is 38.1 Å². The van der Waals surface area contributed by atoms with Crippen molar-refractivity contribution in [1.82, 2.24) is 14.5 Å². The second kappa shape index (κ2) is 7.25. The number of halogens is 1. The number of nitrogens with zero attached hydrogens (tertiary/aromatic N) is 3. The minimum Gasteiger partial charge on any atom is -0.480 e. The van der Waals surface area contributed by atoms with Crippen molar-refractivity contribution in [3.8, 4) is 11.4 Å². The highest BCUT2D eigenvalue weighted by Crippen LogP contribution is 2.25. The lowest BCUT2D eigenvalue weighted by Crippen LogP contribution is -2.11. The molecule has 25 heavy (non-hydrogen) atoms. The maximum atomic E-state index is 11.2. The second-order valence-corrected chi connectivity index (χ2v) is 7.30. The third-order valence-corrected chi connectivity index (χ3v) is 4.98. The van der Waals surface area contributed by atoms with E-state index in [4.69, 9.17) is 16.7 Å². The highest BCUT2D eigenvalue weighted by atomic mass is 35.5. The minimum absolute atomic E-state index is 0.112. The number of carboxylic acids is 1. The Morgan fingerprint density at radius 3 is 2.88 bits per heavy atom. The maximum Gasteiger partial charge on any atom is 0.323 e. The van der Waals surface area contributed by atoms with Crippen LogP contribution in [0.1, 0.15) is 16.3 Å². The maximum absolute atomic E-state index is 11.2. The lowest BCUT2D eigenvalue weighted by Gasteiger charge is -2.10. The molecule has 0 unspecified atom stereocenters. The number of benzene rings is 1. The van der Waals surface area contributed by atoms with Crippen LogP contribution in [0.2, 0.25) is 4.47 Å². The van der Waals surface area contributed by atoms with Crippen LogP contribution >= 0.6 is 22.9 Å². The van der Waals surface area contributed by atoms with Gasteiger partial charge in [0.25, 0.3) is 0 Å². The van der Waals surface area contributed by atoms with E-state index in [-0.39, 0.29) is 6.54 Å². The Morgan fingerprint density at radius 2 is 2.20 bits per heavy atom. The molecule has 1 aromatic carbocycles. The van der Waals surface area contributed by atoms with Gasteiger partial charge < -0.3 is 15.0 Å². The highest BCUT2D eigenvalue weighted by molar-refractivity contribution is 7.15. The summed E-state index contributed by atoms with van der Waals surface area (Å²) >= 11 is 7.28. The summed E-state index contributed by atoms with van der Waals surface area (Å²) in [6.45, 7) is 4.27. The number of hydrogen-bond acceptors (Lipinski definition) is 5. The molecule has 2 N–H and O–H groups in total. The first-order valence-corrected chi connectivity index (χ1v) is 8.83. The molecule has 0 saturated heterocycles. The molecule has 0 atom stereocenters. The zero-order valence-electron chi connectivity index (χ0n) is 13.8. The van der Waals surface area contributed by atoms with Gasteiger partial charge in [0.1, 0.15) is 12.4 Å². The van der Waals surface area contributed by atoms with Gasteiger partial charge in [-0.25, -0.2) is 9.97 Å². The van der Waals surface area contributed by atoms with Gasteiger partial charge in [-0.15, -0.1) is 11.3 Å². The van der Waals surface area contributed by atoms with Crippen LogP contribution in [-0.4, -0.2) is 25.6 Å². The van der Waals surface area contributed by atoms with Gasteiger partial charge >= 0.3 is 5.97 Å². The van der Waals surface area contributed by atoms with Crippen molar-refractivity contribution in [2.45, 2.75) is 26.9 Å². The van der Waals surface area contributed by atoms with E-state index in [0.29, 0.717) is 16.8 Å². The summed E-state index contributed by atoms with van der Waals surface area (Å²) in [6, 6.07) is 7.76. The molecular weight excluding hydrogens is 360 g/mol. The monoisotopic (exact) mass is 376 g/mol. The SMILES string of the molecule is Cc1nc(-c2cccc(NCc3cnc(Cl)s3)c2)n(CC(=O)O)c1C. The van der Waals surface area contributed by atoms with Gasteiger partial charge in [-0.1, -0.05) is 23.7 Å². The van der Waals surface area contributed by atoms with Crippen LogP contribution in [0.4, 0.5) is 5.69 Å². The predicted molar refractivity (Wildman–Crippen MR) is 99.2 cm³/mol. The minimum atomic E-state index is -0.891. The lowest BCUT2D eigenvalue weighted by atomic mass is 10.2. The first-order chi connectivity index (χ1) is 11.9. The number of nitrogens with one attached hydrogen (secondary N) is 1. The standard InChI is InChI=1S/C17H17ClN4O2S/c1-10-11(2)22(9-15(23)24)16(21-10)12-4-3-5-13(6-12)19-7-14-8-20-17(18)25-14/h3-6,8,19H,7,9H2,1-2H3,(H,23,24). The van der Waals surface area contributed by atoms with E-state index in [1.165, 1.54) is 11.3 Å². The van der Waals surface area contributed by atoms with Crippen molar-refractivity contribution < 1.29 is 9.90 Å². The van der Waals surface area contributed by atoms with E-state index < -0.39 is 5.97 Å². The van der Waals surface area contributed by atoms with Gasteiger partial charge in [-0.2, -0.15) is 0 Å². The zero-order chi connectivity index (χ0) is 18.0. The Balaban J connectivity index is 1.86. The Morgan fingerprint density at radius 1 is 1.40 bits per heavy atom. The van der Waals surface area contributed by atoms with Crippen LogP contribution in [0.5, 0.6) is 0 Å². The van der Waals surface area contributed by atoms with Crippen LogP contribution in [0.15, 0.2) is 30.5 Å². The summed E-state index contributed by atoms with van der Waals surface area (Å²) in [5.41, 5.74) is 3.47. The van der Waals surface area contributed by atoms with Crippen LogP contribution < -0.4 is 5.32 Å². The number of imidazole rings is 1. The summed E-state index contributed by atoms with van der Waals surface area (Å²) in [7, 11) is 0. The van der Waals surface area contributed by atoms with Gasteiger partial charge in [0.2, 0.25) is 0 Å². The van der Waals surface area contributed by atoms with E-state index in [9.17, 15) is 4.79 Å². The Hall–Kier alpha value is -2.38. The average molecular weight is 377 g/mol. The number of carboxylic acid groups (broad SMARTS) is 1. The molecule has 0 fully saturated rings. The van der Waals surface area contributed by atoms with Crippen LogP contribution in [0.25, 0.3) is 11.4 Å². The predicted octanol–water partition coefficient (Wildman–Crippen LogP) is 3.97. The molecule has 3 rings (SSSR count). The lowest BCUT2D eigenvalue weighted by molar-refractivity contribution is -0.137. The van der Waals surface area contributed by atoms with Crippen LogP contribution in [-0.2, 0) is 17.9 Å². The molecule has 2 aromatic heterocycles. The molecule has 0 aliphatic rings. The molecule has 3 aromatic rings. The number of aryl methyl sites for hydroxylation is 1. The first kappa shape index (κ1) is 17.4. The molecule has 0 saturated carbocycles. The van der Waals surface area contributed by atoms with Crippen molar-refractivity contribution in [3.05, 3.63) is 51.2 Å². The molecule has 2 heterocycles. The van der Waals surface area contributed by atoms with Crippen molar-refractivity contribution in [2.75, 3.05) is 5.32 Å². The molecule has 0 aliphatic heterocycles. The number of aromatic nitrogens is 3. The van der Waals surface area contributed by atoms with E-state index in [0.717, 1.165) is 27.5 Å².